The smallest absolute Gasteiger partial charge is 0.167 e. The van der Waals surface area contributed by atoms with Gasteiger partial charge in [0.2, 0.25) is 0 Å². The molecule has 0 saturated carbocycles. The van der Waals surface area contributed by atoms with Gasteiger partial charge in [-0.3, -0.25) is 0 Å². The fourth-order valence-electron chi connectivity index (χ4n) is 4.07. The molecule has 1 N–H and O–H groups in total. The van der Waals surface area contributed by atoms with E-state index in [1.807, 2.05) is 45.0 Å². The molecular formula is C27H30BrF2N3O2SSi. The Morgan fingerprint density at radius 3 is 2.49 bits per heavy atom. The summed E-state index contributed by atoms with van der Waals surface area (Å²) in [6.07, 6.45) is 0.145. The second-order valence-corrected chi connectivity index (χ2v) is 18.9. The monoisotopic (exact) mass is 605 g/mol. The van der Waals surface area contributed by atoms with Crippen LogP contribution in [0.25, 0.3) is 22.2 Å². The number of aromatic nitrogens is 2. The van der Waals surface area contributed by atoms with Crippen molar-refractivity contribution in [1.82, 2.24) is 14.9 Å². The van der Waals surface area contributed by atoms with Crippen LogP contribution in [0.1, 0.15) is 38.1 Å². The average Bonchev–Trinajstić information content (AvgIpc) is 3.22. The van der Waals surface area contributed by atoms with Crippen molar-refractivity contribution in [3.63, 3.8) is 0 Å². The van der Waals surface area contributed by atoms with Gasteiger partial charge in [-0.1, -0.05) is 49.1 Å². The highest BCUT2D eigenvalue weighted by molar-refractivity contribution is 9.10. The topological polar surface area (TPSA) is 74.0 Å². The van der Waals surface area contributed by atoms with E-state index in [1.165, 1.54) is 18.2 Å². The molecule has 2 aromatic carbocycles. The minimum absolute atomic E-state index is 0.145. The van der Waals surface area contributed by atoms with Crippen molar-refractivity contribution < 1.29 is 17.9 Å². The van der Waals surface area contributed by atoms with E-state index in [2.05, 4.69) is 50.4 Å². The Hall–Kier alpha value is -2.11. The molecule has 2 atom stereocenters. The van der Waals surface area contributed by atoms with E-state index in [0.29, 0.717) is 32.0 Å². The zero-order valence-corrected chi connectivity index (χ0v) is 25.1. The number of fused-ring (bicyclic) bond motifs is 1. The van der Waals surface area contributed by atoms with Gasteiger partial charge in [0.25, 0.3) is 0 Å². The number of nitrogens with one attached hydrogen (secondary N) is 1. The van der Waals surface area contributed by atoms with Gasteiger partial charge in [0.15, 0.2) is 5.58 Å². The number of benzene rings is 2. The third-order valence-corrected chi connectivity index (χ3v) is 10.0. The van der Waals surface area contributed by atoms with Crippen LogP contribution in [0.5, 0.6) is 0 Å². The van der Waals surface area contributed by atoms with E-state index >= 15 is 4.39 Å². The molecule has 1 unspecified atom stereocenters. The van der Waals surface area contributed by atoms with Crippen LogP contribution in [0.3, 0.4) is 0 Å². The first-order chi connectivity index (χ1) is 17.3. The summed E-state index contributed by atoms with van der Waals surface area (Å²) in [5.74, 6) is -0.737. The van der Waals surface area contributed by atoms with Crippen LogP contribution in [0.15, 0.2) is 57.7 Å². The Balaban J connectivity index is 1.87. The Morgan fingerprint density at radius 1 is 1.11 bits per heavy atom. The Morgan fingerprint density at radius 2 is 1.81 bits per heavy atom. The van der Waals surface area contributed by atoms with Crippen molar-refractivity contribution in [3.8, 4) is 11.3 Å². The van der Waals surface area contributed by atoms with Gasteiger partial charge in [-0.05, 0) is 71.7 Å². The van der Waals surface area contributed by atoms with Gasteiger partial charge < -0.3 is 9.08 Å². The van der Waals surface area contributed by atoms with E-state index in [4.69, 9.17) is 4.52 Å². The molecule has 196 valence electrons. The molecule has 0 aliphatic heterocycles. The minimum Gasteiger partial charge on any atom is -0.598 e. The highest BCUT2D eigenvalue weighted by atomic mass is 79.9. The number of halogens is 3. The maximum atomic E-state index is 15.8. The Labute approximate surface area is 228 Å². The van der Waals surface area contributed by atoms with Crippen molar-refractivity contribution in [1.29, 1.82) is 0 Å². The lowest BCUT2D eigenvalue weighted by Gasteiger charge is -2.29. The molecule has 10 heteroatoms. The molecule has 2 aromatic heterocycles. The van der Waals surface area contributed by atoms with Crippen LogP contribution in [0, 0.1) is 11.6 Å². The predicted molar refractivity (Wildman–Crippen MR) is 152 cm³/mol. The SMILES string of the molecule is CC(C)(C)[S@+]([O-])NC(Cc1nc(Br)cc([Si](C)(C)C)c1F)c1ccccc1-c1noc2ccc(F)cc12. The molecule has 0 aliphatic carbocycles. The first-order valence-corrected chi connectivity index (χ1v) is 17.4. The summed E-state index contributed by atoms with van der Waals surface area (Å²) in [7, 11) is -2.01. The molecular weight excluding hydrogens is 576 g/mol. The number of nitrogens with zero attached hydrogens (tertiary/aromatic N) is 2. The largest absolute Gasteiger partial charge is 0.598 e. The van der Waals surface area contributed by atoms with E-state index < -0.39 is 36.0 Å². The fraction of sp³-hybridized carbons (Fsp3) is 0.333. The number of hydrogen-bond acceptors (Lipinski definition) is 5. The van der Waals surface area contributed by atoms with Crippen molar-refractivity contribution >= 4 is 51.5 Å². The molecule has 0 bridgehead atoms. The summed E-state index contributed by atoms with van der Waals surface area (Å²) < 4.78 is 51.8. The van der Waals surface area contributed by atoms with Gasteiger partial charge >= 0.3 is 0 Å². The maximum absolute atomic E-state index is 15.8. The zero-order chi connectivity index (χ0) is 27.1. The molecule has 0 radical (unpaired) electrons. The Bertz CT molecular complexity index is 1440. The van der Waals surface area contributed by atoms with E-state index in [0.717, 1.165) is 5.56 Å². The number of hydrogen-bond donors (Lipinski definition) is 1. The summed E-state index contributed by atoms with van der Waals surface area (Å²) in [6.45, 7) is 11.8. The first-order valence-electron chi connectivity index (χ1n) is 11.9. The van der Waals surface area contributed by atoms with Crippen LogP contribution < -0.4 is 9.91 Å². The van der Waals surface area contributed by atoms with Gasteiger partial charge in [-0.2, -0.15) is 0 Å². The molecule has 37 heavy (non-hydrogen) atoms. The molecule has 0 aliphatic rings. The third-order valence-electron chi connectivity index (χ3n) is 6.03. The molecule has 0 saturated heterocycles. The average molecular weight is 607 g/mol. The van der Waals surface area contributed by atoms with Crippen molar-refractivity contribution in [2.24, 2.45) is 0 Å². The van der Waals surface area contributed by atoms with Gasteiger partial charge in [-0.25, -0.2) is 13.8 Å². The minimum atomic E-state index is -2.01. The normalized spacial score (nSPS) is 14.2. The quantitative estimate of drug-likeness (QED) is 0.142. The molecule has 4 aromatic rings. The van der Waals surface area contributed by atoms with E-state index in [-0.39, 0.29) is 17.9 Å². The molecule has 0 fully saturated rings. The van der Waals surface area contributed by atoms with Gasteiger partial charge in [0, 0.05) is 23.3 Å². The van der Waals surface area contributed by atoms with E-state index in [1.54, 1.807) is 6.07 Å². The number of pyridine rings is 1. The van der Waals surface area contributed by atoms with E-state index in [9.17, 15) is 8.94 Å². The Kier molecular flexibility index (Phi) is 7.97. The van der Waals surface area contributed by atoms with Crippen LogP contribution in [-0.2, 0) is 17.8 Å². The third kappa shape index (κ3) is 6.14. The highest BCUT2D eigenvalue weighted by Crippen LogP contribution is 2.35. The van der Waals surface area contributed by atoms with Crippen molar-refractivity contribution in [2.45, 2.75) is 57.6 Å². The van der Waals surface area contributed by atoms with Crippen LogP contribution >= 0.6 is 15.9 Å². The van der Waals surface area contributed by atoms with Gasteiger partial charge in [0.1, 0.15) is 26.7 Å². The second kappa shape index (κ2) is 10.6. The summed E-state index contributed by atoms with van der Waals surface area (Å²) in [5.41, 5.74) is 2.60. The second-order valence-electron chi connectivity index (χ2n) is 11.0. The lowest BCUT2D eigenvalue weighted by Crippen LogP contribution is -2.43. The van der Waals surface area contributed by atoms with Crippen molar-refractivity contribution in [2.75, 3.05) is 0 Å². The molecule has 0 spiro atoms. The van der Waals surface area contributed by atoms with Crippen LogP contribution in [-0.4, -0.2) is 27.5 Å². The zero-order valence-electron chi connectivity index (χ0n) is 21.7. The summed E-state index contributed by atoms with van der Waals surface area (Å²) in [5, 5.41) is 5.42. The molecule has 4 rings (SSSR count). The van der Waals surface area contributed by atoms with Gasteiger partial charge in [0.05, 0.1) is 25.2 Å². The van der Waals surface area contributed by atoms with Crippen LogP contribution in [0.4, 0.5) is 8.78 Å². The maximum Gasteiger partial charge on any atom is 0.167 e. The summed E-state index contributed by atoms with van der Waals surface area (Å²) in [6, 6.07) is 12.8. The molecule has 2 heterocycles. The fourth-order valence-corrected chi connectivity index (χ4v) is 6.91. The molecule has 0 amide bonds. The van der Waals surface area contributed by atoms with Gasteiger partial charge in [-0.15, -0.1) is 4.72 Å². The van der Waals surface area contributed by atoms with Crippen LogP contribution in [0.2, 0.25) is 19.6 Å². The standard InChI is InChI=1S/C27H30BrF2N3O2SSi/c1-27(2,3)36(34)33-20(14-21-25(30)23(37(4,5)6)15-24(28)31-21)17-9-7-8-10-18(17)26-19-13-16(29)11-12-22(19)35-32-26/h7-13,15,20,33H,14H2,1-6H3/t20?,36-/m0/s1. The predicted octanol–water partition coefficient (Wildman–Crippen LogP) is 6.81. The summed E-state index contributed by atoms with van der Waals surface area (Å²) in [4.78, 5) is 4.48. The molecule has 5 nitrogen and oxygen atoms in total. The number of rotatable bonds is 7. The first kappa shape index (κ1) is 27.9. The lowest BCUT2D eigenvalue weighted by molar-refractivity contribution is 0.459. The van der Waals surface area contributed by atoms with Crippen molar-refractivity contribution in [3.05, 3.63) is 76.0 Å². The highest BCUT2D eigenvalue weighted by Gasteiger charge is 2.33. The summed E-state index contributed by atoms with van der Waals surface area (Å²) >= 11 is 1.99. The lowest BCUT2D eigenvalue weighted by atomic mass is 9.94.